The van der Waals surface area contributed by atoms with E-state index in [0.29, 0.717) is 5.76 Å². The summed E-state index contributed by atoms with van der Waals surface area (Å²) in [5.41, 5.74) is 0. The summed E-state index contributed by atoms with van der Waals surface area (Å²) in [6.07, 6.45) is 1.47. The van der Waals surface area contributed by atoms with Crippen molar-refractivity contribution < 1.29 is 24.2 Å². The average molecular weight is 242 g/mol. The molecule has 1 aromatic heterocycles. The number of aliphatic carboxylic acids is 1. The maximum atomic E-state index is 11.4. The van der Waals surface area contributed by atoms with E-state index in [1.165, 1.54) is 6.26 Å². The van der Waals surface area contributed by atoms with Crippen molar-refractivity contribution in [2.24, 2.45) is 0 Å². The van der Waals surface area contributed by atoms with Gasteiger partial charge in [-0.3, -0.25) is 0 Å². The van der Waals surface area contributed by atoms with Crippen LogP contribution in [0.15, 0.2) is 22.8 Å². The van der Waals surface area contributed by atoms with E-state index in [1.54, 1.807) is 19.1 Å². The van der Waals surface area contributed by atoms with Crippen LogP contribution in [0.1, 0.15) is 18.7 Å². The normalized spacial score (nSPS) is 13.8. The molecular weight excluding hydrogens is 228 g/mol. The van der Waals surface area contributed by atoms with Crippen molar-refractivity contribution in [1.82, 2.24) is 10.6 Å². The van der Waals surface area contributed by atoms with E-state index in [4.69, 9.17) is 14.6 Å². The van der Waals surface area contributed by atoms with Crippen LogP contribution >= 0.6 is 0 Å². The number of hydrogen-bond donors (Lipinski definition) is 4. The van der Waals surface area contributed by atoms with Crippen LogP contribution in [0.5, 0.6) is 0 Å². The van der Waals surface area contributed by atoms with Gasteiger partial charge in [0.2, 0.25) is 0 Å². The molecule has 0 aliphatic heterocycles. The number of aliphatic hydroxyl groups is 1. The fourth-order valence-corrected chi connectivity index (χ4v) is 1.19. The Morgan fingerprint density at radius 2 is 2.18 bits per heavy atom. The van der Waals surface area contributed by atoms with E-state index in [0.717, 1.165) is 0 Å². The number of carboxylic acid groups (broad SMARTS) is 1. The SMILES string of the molecule is CC(NC(=O)N[C@@H](CO)C(=O)O)c1ccco1. The van der Waals surface area contributed by atoms with Crippen LogP contribution < -0.4 is 10.6 Å². The number of carbonyl (C=O) groups excluding carboxylic acids is 1. The molecule has 1 aromatic rings. The maximum Gasteiger partial charge on any atom is 0.328 e. The first kappa shape index (κ1) is 13.0. The fraction of sp³-hybridized carbons (Fsp3) is 0.400. The standard InChI is InChI=1S/C10H14N2O5/c1-6(8-3-2-4-17-8)11-10(16)12-7(5-13)9(14)15/h2-4,6-7,13H,5H2,1H3,(H,14,15)(H2,11,12,16)/t6?,7-/m0/s1. The number of furan rings is 1. The molecule has 0 aliphatic rings. The lowest BCUT2D eigenvalue weighted by molar-refractivity contribution is -0.140. The third kappa shape index (κ3) is 3.80. The minimum atomic E-state index is -1.32. The molecule has 0 spiro atoms. The van der Waals surface area contributed by atoms with Crippen LogP contribution in [-0.2, 0) is 4.79 Å². The fourth-order valence-electron chi connectivity index (χ4n) is 1.19. The summed E-state index contributed by atoms with van der Waals surface area (Å²) in [7, 11) is 0. The number of hydrogen-bond acceptors (Lipinski definition) is 4. The third-order valence-electron chi connectivity index (χ3n) is 2.10. The first-order valence-electron chi connectivity index (χ1n) is 4.98. The van der Waals surface area contributed by atoms with Crippen molar-refractivity contribution in [1.29, 1.82) is 0 Å². The lowest BCUT2D eigenvalue weighted by Gasteiger charge is -2.15. The van der Waals surface area contributed by atoms with Gasteiger partial charge in [0.25, 0.3) is 0 Å². The quantitative estimate of drug-likeness (QED) is 0.584. The molecule has 0 saturated heterocycles. The van der Waals surface area contributed by atoms with Gasteiger partial charge in [-0.2, -0.15) is 0 Å². The van der Waals surface area contributed by atoms with Crippen LogP contribution in [0, 0.1) is 0 Å². The lowest BCUT2D eigenvalue weighted by Crippen LogP contribution is -2.48. The predicted molar refractivity (Wildman–Crippen MR) is 57.3 cm³/mol. The van der Waals surface area contributed by atoms with Crippen LogP contribution in [-0.4, -0.2) is 34.9 Å². The number of nitrogens with one attached hydrogen (secondary N) is 2. The summed E-state index contributed by atoms with van der Waals surface area (Å²) in [6, 6.07) is 0.970. The molecule has 0 aliphatic carbocycles. The molecule has 94 valence electrons. The summed E-state index contributed by atoms with van der Waals surface area (Å²) >= 11 is 0. The van der Waals surface area contributed by atoms with Gasteiger partial charge in [-0.15, -0.1) is 0 Å². The number of amides is 2. The van der Waals surface area contributed by atoms with Crippen molar-refractivity contribution in [3.8, 4) is 0 Å². The molecule has 1 rings (SSSR count). The number of aliphatic hydroxyl groups excluding tert-OH is 1. The second kappa shape index (κ2) is 5.90. The zero-order valence-corrected chi connectivity index (χ0v) is 9.21. The Labute approximate surface area is 97.4 Å². The van der Waals surface area contributed by atoms with Gasteiger partial charge in [-0.05, 0) is 19.1 Å². The molecule has 0 saturated carbocycles. The van der Waals surface area contributed by atoms with Gasteiger partial charge >= 0.3 is 12.0 Å². The van der Waals surface area contributed by atoms with Gasteiger partial charge in [0.15, 0.2) is 6.04 Å². The summed E-state index contributed by atoms with van der Waals surface area (Å²) in [5, 5.41) is 21.9. The summed E-state index contributed by atoms with van der Waals surface area (Å²) in [6.45, 7) is 1.02. The average Bonchev–Trinajstić information content (AvgIpc) is 2.78. The van der Waals surface area contributed by atoms with Crippen LogP contribution in [0.2, 0.25) is 0 Å². The van der Waals surface area contributed by atoms with Gasteiger partial charge in [0.05, 0.1) is 18.9 Å². The highest BCUT2D eigenvalue weighted by molar-refractivity contribution is 5.82. The van der Waals surface area contributed by atoms with Crippen molar-refractivity contribution in [3.05, 3.63) is 24.2 Å². The molecule has 7 nitrogen and oxygen atoms in total. The molecule has 17 heavy (non-hydrogen) atoms. The minimum absolute atomic E-state index is 0.391. The summed E-state index contributed by atoms with van der Waals surface area (Å²) < 4.78 is 5.07. The Balaban J connectivity index is 2.47. The first-order chi connectivity index (χ1) is 8.04. The van der Waals surface area contributed by atoms with Crippen molar-refractivity contribution in [2.45, 2.75) is 19.0 Å². The zero-order chi connectivity index (χ0) is 12.8. The molecule has 0 fully saturated rings. The number of rotatable bonds is 5. The number of carbonyl (C=O) groups is 2. The Kier molecular flexibility index (Phi) is 4.53. The summed E-state index contributed by atoms with van der Waals surface area (Å²) in [4.78, 5) is 21.9. The zero-order valence-electron chi connectivity index (χ0n) is 9.21. The molecule has 2 amide bonds. The Bertz CT molecular complexity index is 376. The van der Waals surface area contributed by atoms with Crippen LogP contribution in [0.3, 0.4) is 0 Å². The Hall–Kier alpha value is -2.02. The first-order valence-corrected chi connectivity index (χ1v) is 4.98. The van der Waals surface area contributed by atoms with Crippen molar-refractivity contribution in [2.75, 3.05) is 6.61 Å². The molecule has 4 N–H and O–H groups in total. The Morgan fingerprint density at radius 3 is 2.65 bits per heavy atom. The van der Waals surface area contributed by atoms with E-state index in [9.17, 15) is 9.59 Å². The summed E-state index contributed by atoms with van der Waals surface area (Å²) in [5.74, 6) is -0.746. The Morgan fingerprint density at radius 1 is 1.47 bits per heavy atom. The third-order valence-corrected chi connectivity index (χ3v) is 2.10. The van der Waals surface area contributed by atoms with E-state index in [1.807, 2.05) is 0 Å². The van der Waals surface area contributed by atoms with Gasteiger partial charge in [0, 0.05) is 0 Å². The van der Waals surface area contributed by atoms with Gasteiger partial charge < -0.3 is 25.3 Å². The van der Waals surface area contributed by atoms with E-state index < -0.39 is 30.7 Å². The van der Waals surface area contributed by atoms with Crippen LogP contribution in [0.4, 0.5) is 4.79 Å². The highest BCUT2D eigenvalue weighted by atomic mass is 16.4. The molecular formula is C10H14N2O5. The number of urea groups is 1. The molecule has 7 heteroatoms. The largest absolute Gasteiger partial charge is 0.480 e. The lowest BCUT2D eigenvalue weighted by atomic mass is 10.2. The second-order valence-corrected chi connectivity index (χ2v) is 3.43. The van der Waals surface area contributed by atoms with E-state index in [2.05, 4.69) is 10.6 Å². The van der Waals surface area contributed by atoms with Gasteiger partial charge in [-0.25, -0.2) is 9.59 Å². The van der Waals surface area contributed by atoms with E-state index >= 15 is 0 Å². The monoisotopic (exact) mass is 242 g/mol. The predicted octanol–water partition coefficient (Wildman–Crippen LogP) is 0.0853. The molecule has 0 aromatic carbocycles. The smallest absolute Gasteiger partial charge is 0.328 e. The van der Waals surface area contributed by atoms with Crippen molar-refractivity contribution in [3.63, 3.8) is 0 Å². The van der Waals surface area contributed by atoms with Gasteiger partial charge in [0.1, 0.15) is 5.76 Å². The van der Waals surface area contributed by atoms with Crippen molar-refractivity contribution >= 4 is 12.0 Å². The minimum Gasteiger partial charge on any atom is -0.480 e. The van der Waals surface area contributed by atoms with Crippen LogP contribution in [0.25, 0.3) is 0 Å². The molecule has 0 radical (unpaired) electrons. The molecule has 0 bridgehead atoms. The number of carboxylic acids is 1. The maximum absolute atomic E-state index is 11.4. The molecule has 2 atom stereocenters. The topological polar surface area (TPSA) is 112 Å². The van der Waals surface area contributed by atoms with E-state index in [-0.39, 0.29) is 0 Å². The molecule has 1 unspecified atom stereocenters. The highest BCUT2D eigenvalue weighted by Gasteiger charge is 2.20. The molecule has 1 heterocycles. The highest BCUT2D eigenvalue weighted by Crippen LogP contribution is 2.11. The van der Waals surface area contributed by atoms with Gasteiger partial charge in [-0.1, -0.05) is 0 Å². The second-order valence-electron chi connectivity index (χ2n) is 3.43.